The van der Waals surface area contributed by atoms with Gasteiger partial charge in [-0.05, 0) is 57.8 Å². The largest absolute Gasteiger partial charge is 0.462 e. The Kier molecular flexibility index (Phi) is 69.6. The van der Waals surface area contributed by atoms with Crippen molar-refractivity contribution >= 4 is 17.9 Å². The quantitative estimate of drug-likeness (QED) is 0.0261. The average molecular weight is 1160 g/mol. The van der Waals surface area contributed by atoms with E-state index in [1.165, 1.54) is 283 Å². The third-order valence-electron chi connectivity index (χ3n) is 16.8. The van der Waals surface area contributed by atoms with Crippen LogP contribution in [0.2, 0.25) is 0 Å². The molecular weight excluding hydrogens is 1020 g/mol. The maximum absolute atomic E-state index is 13.0. The summed E-state index contributed by atoms with van der Waals surface area (Å²) >= 11 is 0. The molecule has 1 unspecified atom stereocenters. The molecule has 83 heavy (non-hydrogen) atoms. The number of allylic oxidation sites excluding steroid dienone is 8. The van der Waals surface area contributed by atoms with Crippen molar-refractivity contribution in [3.8, 4) is 0 Å². The normalized spacial score (nSPS) is 12.3. The van der Waals surface area contributed by atoms with Gasteiger partial charge in [0, 0.05) is 19.3 Å². The molecule has 0 N–H and O–H groups in total. The van der Waals surface area contributed by atoms with Crippen LogP contribution in [0.25, 0.3) is 0 Å². The van der Waals surface area contributed by atoms with Crippen molar-refractivity contribution in [3.63, 3.8) is 0 Å². The van der Waals surface area contributed by atoms with Gasteiger partial charge in [-0.25, -0.2) is 0 Å². The smallest absolute Gasteiger partial charge is 0.306 e. The van der Waals surface area contributed by atoms with Crippen LogP contribution in [-0.2, 0) is 28.6 Å². The second-order valence-electron chi connectivity index (χ2n) is 25.2. The number of unbranched alkanes of at least 4 members (excludes halogenated alkanes) is 50. The zero-order valence-corrected chi connectivity index (χ0v) is 56.0. The highest BCUT2D eigenvalue weighted by Crippen LogP contribution is 2.19. The number of carbonyl (C=O) groups is 3. The summed E-state index contributed by atoms with van der Waals surface area (Å²) in [5.74, 6) is -0.840. The fourth-order valence-corrected chi connectivity index (χ4v) is 11.3. The predicted octanol–water partition coefficient (Wildman–Crippen LogP) is 25.7. The highest BCUT2D eigenvalue weighted by molar-refractivity contribution is 5.71. The number of hydrogen-bond donors (Lipinski definition) is 0. The van der Waals surface area contributed by atoms with Gasteiger partial charge in [0.25, 0.3) is 0 Å². The number of esters is 3. The number of hydrogen-bond acceptors (Lipinski definition) is 6. The molecule has 0 spiro atoms. The van der Waals surface area contributed by atoms with Crippen LogP contribution in [0.4, 0.5) is 0 Å². The van der Waals surface area contributed by atoms with Gasteiger partial charge in [-0.1, -0.05) is 378 Å². The van der Waals surface area contributed by atoms with Crippen molar-refractivity contribution in [1.82, 2.24) is 0 Å². The molecule has 6 heteroatoms. The van der Waals surface area contributed by atoms with E-state index in [4.69, 9.17) is 14.2 Å². The van der Waals surface area contributed by atoms with E-state index in [2.05, 4.69) is 69.4 Å². The van der Waals surface area contributed by atoms with E-state index in [1.807, 2.05) is 0 Å². The van der Waals surface area contributed by atoms with E-state index in [-0.39, 0.29) is 31.1 Å². The first kappa shape index (κ1) is 80.4. The van der Waals surface area contributed by atoms with E-state index in [0.29, 0.717) is 19.3 Å². The zero-order valence-electron chi connectivity index (χ0n) is 56.0. The molecule has 486 valence electrons. The van der Waals surface area contributed by atoms with E-state index < -0.39 is 6.10 Å². The minimum absolute atomic E-state index is 0.0686. The fourth-order valence-electron chi connectivity index (χ4n) is 11.3. The molecule has 0 saturated heterocycles. The molecule has 0 aliphatic rings. The maximum atomic E-state index is 13.0. The van der Waals surface area contributed by atoms with Crippen LogP contribution in [0.1, 0.15) is 406 Å². The monoisotopic (exact) mass is 1160 g/mol. The number of rotatable bonds is 69. The Balaban J connectivity index is 4.27. The SMILES string of the molecule is CC/C=C\C/C=C\C/C=C\C/C=C\CCCCCCCCCCCCC(=O)OC(COC(=O)CCCCCCCCCCCCCCCCCC)COC(=O)CCCCCCCCCCCCCCCCCCCCCCCCCCCC. The summed E-state index contributed by atoms with van der Waals surface area (Å²) in [6.45, 7) is 6.61. The molecule has 0 radical (unpaired) electrons. The second kappa shape index (κ2) is 71.8. The van der Waals surface area contributed by atoms with Crippen LogP contribution < -0.4 is 0 Å². The van der Waals surface area contributed by atoms with Gasteiger partial charge in [-0.2, -0.15) is 0 Å². The lowest BCUT2D eigenvalue weighted by Gasteiger charge is -2.18. The van der Waals surface area contributed by atoms with Crippen molar-refractivity contribution in [1.29, 1.82) is 0 Å². The molecule has 6 nitrogen and oxygen atoms in total. The van der Waals surface area contributed by atoms with Crippen molar-refractivity contribution in [2.75, 3.05) is 13.2 Å². The lowest BCUT2D eigenvalue weighted by Crippen LogP contribution is -2.30. The van der Waals surface area contributed by atoms with Crippen LogP contribution in [0.3, 0.4) is 0 Å². The number of ether oxygens (including phenoxy) is 3. The van der Waals surface area contributed by atoms with Crippen LogP contribution in [0.5, 0.6) is 0 Å². The molecule has 0 aliphatic heterocycles. The van der Waals surface area contributed by atoms with Crippen molar-refractivity contribution in [3.05, 3.63) is 48.6 Å². The Morgan fingerprint density at radius 2 is 0.470 bits per heavy atom. The van der Waals surface area contributed by atoms with Crippen LogP contribution in [0.15, 0.2) is 48.6 Å². The third kappa shape index (κ3) is 70.0. The molecule has 0 bridgehead atoms. The Hall–Kier alpha value is -2.63. The lowest BCUT2D eigenvalue weighted by atomic mass is 10.0. The first-order valence-corrected chi connectivity index (χ1v) is 37.1. The highest BCUT2D eigenvalue weighted by Gasteiger charge is 2.20. The van der Waals surface area contributed by atoms with Crippen LogP contribution in [-0.4, -0.2) is 37.2 Å². The summed E-state index contributed by atoms with van der Waals surface area (Å²) in [6.07, 6.45) is 91.5. The Bertz CT molecular complexity index is 1430. The molecule has 0 aromatic rings. The fraction of sp³-hybridized carbons (Fsp3) is 0.857. The number of carbonyl (C=O) groups excluding carboxylic acids is 3. The van der Waals surface area contributed by atoms with E-state index in [9.17, 15) is 14.4 Å². The summed E-state index contributed by atoms with van der Waals surface area (Å²) < 4.78 is 17.0. The minimum Gasteiger partial charge on any atom is -0.462 e. The minimum atomic E-state index is -0.774. The molecule has 1 atom stereocenters. The summed E-state index contributed by atoms with van der Waals surface area (Å²) in [6, 6.07) is 0. The zero-order chi connectivity index (χ0) is 59.9. The van der Waals surface area contributed by atoms with Crippen LogP contribution >= 0.6 is 0 Å². The van der Waals surface area contributed by atoms with Gasteiger partial charge in [0.05, 0.1) is 0 Å². The van der Waals surface area contributed by atoms with E-state index >= 15 is 0 Å². The molecule has 0 saturated carbocycles. The Morgan fingerprint density at radius 1 is 0.253 bits per heavy atom. The van der Waals surface area contributed by atoms with Gasteiger partial charge in [0.1, 0.15) is 13.2 Å². The second-order valence-corrected chi connectivity index (χ2v) is 25.2. The van der Waals surface area contributed by atoms with Gasteiger partial charge in [-0.3, -0.25) is 14.4 Å². The van der Waals surface area contributed by atoms with Gasteiger partial charge in [-0.15, -0.1) is 0 Å². The van der Waals surface area contributed by atoms with Gasteiger partial charge >= 0.3 is 17.9 Å². The topological polar surface area (TPSA) is 78.9 Å². The van der Waals surface area contributed by atoms with Gasteiger partial charge in [0.15, 0.2) is 6.10 Å². The molecule has 0 aromatic carbocycles. The Morgan fingerprint density at radius 3 is 0.735 bits per heavy atom. The van der Waals surface area contributed by atoms with Crippen molar-refractivity contribution in [2.45, 2.75) is 412 Å². The standard InChI is InChI=1S/C77H142O6/c1-4-7-10-13-16-19-22-25-28-31-33-35-37-38-39-41-42-44-46-49-52-55-58-61-64-67-70-76(79)82-73-74(72-81-75(78)69-66-63-60-57-54-51-48-30-27-24-21-18-15-12-9-6-3)83-77(80)71-68-65-62-59-56-53-50-47-45-43-40-36-34-32-29-26-23-20-17-14-11-8-5-2/h8,11,17,20,26,29,34,36,74H,4-7,9-10,12-16,18-19,21-25,27-28,30-33,35,37-73H2,1-3H3/b11-8-,20-17-,29-26-,36-34-. The Labute approximate surface area is 518 Å². The summed E-state index contributed by atoms with van der Waals surface area (Å²) in [7, 11) is 0. The third-order valence-corrected chi connectivity index (χ3v) is 16.8. The van der Waals surface area contributed by atoms with Crippen LogP contribution in [0, 0.1) is 0 Å². The first-order chi connectivity index (χ1) is 41.0. The van der Waals surface area contributed by atoms with Crippen molar-refractivity contribution < 1.29 is 28.6 Å². The maximum Gasteiger partial charge on any atom is 0.306 e. The molecule has 0 amide bonds. The van der Waals surface area contributed by atoms with Gasteiger partial charge < -0.3 is 14.2 Å². The molecule has 0 fully saturated rings. The lowest BCUT2D eigenvalue weighted by molar-refractivity contribution is -0.167. The molecule has 0 heterocycles. The average Bonchev–Trinajstić information content (AvgIpc) is 3.50. The van der Waals surface area contributed by atoms with Gasteiger partial charge in [0.2, 0.25) is 0 Å². The molecule has 0 aromatic heterocycles. The van der Waals surface area contributed by atoms with Crippen molar-refractivity contribution in [2.24, 2.45) is 0 Å². The molecule has 0 rings (SSSR count). The molecular formula is C77H142O6. The molecule has 0 aliphatic carbocycles. The summed E-state index contributed by atoms with van der Waals surface area (Å²) in [5.41, 5.74) is 0. The summed E-state index contributed by atoms with van der Waals surface area (Å²) in [5, 5.41) is 0. The highest BCUT2D eigenvalue weighted by atomic mass is 16.6. The first-order valence-electron chi connectivity index (χ1n) is 37.1. The van der Waals surface area contributed by atoms with E-state index in [1.54, 1.807) is 0 Å². The summed E-state index contributed by atoms with van der Waals surface area (Å²) in [4.78, 5) is 38.5. The van der Waals surface area contributed by atoms with E-state index in [0.717, 1.165) is 83.5 Å². The predicted molar refractivity (Wildman–Crippen MR) is 362 cm³/mol.